The van der Waals surface area contributed by atoms with Gasteiger partial charge in [0.25, 0.3) is 0 Å². The van der Waals surface area contributed by atoms with Gasteiger partial charge in [-0.15, -0.1) is 0 Å². The topological polar surface area (TPSA) is 74.2 Å². The lowest BCUT2D eigenvalue weighted by molar-refractivity contribution is 0.0308. The fraction of sp³-hybridized carbons (Fsp3) is 0.600. The molecule has 0 bridgehead atoms. The van der Waals surface area contributed by atoms with Gasteiger partial charge in [0, 0.05) is 19.6 Å². The van der Waals surface area contributed by atoms with Crippen molar-refractivity contribution in [2.24, 2.45) is 0 Å². The number of rotatable bonds is 7. The van der Waals surface area contributed by atoms with Crippen molar-refractivity contribution < 1.29 is 19.7 Å². The third-order valence-electron chi connectivity index (χ3n) is 3.28. The molecule has 0 saturated carbocycles. The number of nitrogens with one attached hydrogen (secondary N) is 1. The Labute approximate surface area is 125 Å². The predicted molar refractivity (Wildman–Crippen MR) is 79.6 cm³/mol. The van der Waals surface area contributed by atoms with Gasteiger partial charge in [-0.05, 0) is 38.7 Å². The molecule has 2 rings (SSSR count). The molecule has 0 fully saturated rings. The van der Waals surface area contributed by atoms with E-state index < -0.39 is 11.7 Å². The van der Waals surface area contributed by atoms with Crippen LogP contribution in [0.4, 0.5) is 0 Å². The van der Waals surface area contributed by atoms with Crippen LogP contribution in [0.1, 0.15) is 18.6 Å². The standard InChI is InChI=1S/C15H24N2O4/c1-15(19,9-17(2)3)8-16-7-12(18)11-4-5-13-14(6-11)21-10-20-13/h4-6,12,16,18-19H,7-10H2,1-3H3. The lowest BCUT2D eigenvalue weighted by Gasteiger charge is -2.27. The van der Waals surface area contributed by atoms with Gasteiger partial charge in [0.15, 0.2) is 11.5 Å². The molecule has 2 unspecified atom stereocenters. The molecule has 1 aromatic rings. The van der Waals surface area contributed by atoms with E-state index in [2.05, 4.69) is 5.32 Å². The van der Waals surface area contributed by atoms with Crippen molar-refractivity contribution in [3.63, 3.8) is 0 Å². The zero-order valence-electron chi connectivity index (χ0n) is 12.8. The van der Waals surface area contributed by atoms with E-state index in [-0.39, 0.29) is 6.79 Å². The minimum absolute atomic E-state index is 0.223. The smallest absolute Gasteiger partial charge is 0.231 e. The molecule has 0 amide bonds. The first-order chi connectivity index (χ1) is 9.87. The summed E-state index contributed by atoms with van der Waals surface area (Å²) in [4.78, 5) is 1.93. The van der Waals surface area contributed by atoms with Crippen LogP contribution < -0.4 is 14.8 Å². The van der Waals surface area contributed by atoms with Gasteiger partial charge in [-0.1, -0.05) is 6.07 Å². The van der Waals surface area contributed by atoms with Crippen molar-refractivity contribution in [1.29, 1.82) is 0 Å². The molecular weight excluding hydrogens is 272 g/mol. The highest BCUT2D eigenvalue weighted by Gasteiger charge is 2.22. The fourth-order valence-corrected chi connectivity index (χ4v) is 2.45. The molecule has 1 aliphatic rings. The number of fused-ring (bicyclic) bond motifs is 1. The Bertz CT molecular complexity index is 477. The van der Waals surface area contributed by atoms with E-state index in [4.69, 9.17) is 9.47 Å². The first-order valence-electron chi connectivity index (χ1n) is 7.03. The minimum Gasteiger partial charge on any atom is -0.454 e. The summed E-state index contributed by atoms with van der Waals surface area (Å²) in [7, 11) is 3.83. The van der Waals surface area contributed by atoms with Gasteiger partial charge >= 0.3 is 0 Å². The normalized spacial score (nSPS) is 17.8. The van der Waals surface area contributed by atoms with Gasteiger partial charge in [-0.2, -0.15) is 0 Å². The highest BCUT2D eigenvalue weighted by Crippen LogP contribution is 2.34. The Morgan fingerprint density at radius 2 is 2.05 bits per heavy atom. The molecular formula is C15H24N2O4. The average molecular weight is 296 g/mol. The van der Waals surface area contributed by atoms with Gasteiger partial charge in [-0.3, -0.25) is 0 Å². The van der Waals surface area contributed by atoms with Gasteiger partial charge in [0.1, 0.15) is 0 Å². The maximum absolute atomic E-state index is 10.2. The minimum atomic E-state index is -0.835. The Balaban J connectivity index is 1.83. The second kappa shape index (κ2) is 6.62. The molecule has 2 atom stereocenters. The van der Waals surface area contributed by atoms with Gasteiger partial charge < -0.3 is 29.9 Å². The average Bonchev–Trinajstić information content (AvgIpc) is 2.83. The van der Waals surface area contributed by atoms with Crippen LogP contribution in [0, 0.1) is 0 Å². The molecule has 6 nitrogen and oxygen atoms in total. The van der Waals surface area contributed by atoms with Crippen molar-refractivity contribution in [1.82, 2.24) is 10.2 Å². The van der Waals surface area contributed by atoms with E-state index in [1.54, 1.807) is 19.1 Å². The SMILES string of the molecule is CN(C)CC(C)(O)CNCC(O)c1ccc2c(c1)OCO2. The number of nitrogens with zero attached hydrogens (tertiary/aromatic N) is 1. The third-order valence-corrected chi connectivity index (χ3v) is 3.28. The summed E-state index contributed by atoms with van der Waals surface area (Å²) in [6, 6.07) is 5.40. The van der Waals surface area contributed by atoms with Gasteiger partial charge in [0.2, 0.25) is 6.79 Å². The largest absolute Gasteiger partial charge is 0.454 e. The van der Waals surface area contributed by atoms with E-state index in [9.17, 15) is 10.2 Å². The lowest BCUT2D eigenvalue weighted by Crippen LogP contribution is -2.46. The molecule has 6 heteroatoms. The van der Waals surface area contributed by atoms with Crippen molar-refractivity contribution in [2.75, 3.05) is 40.5 Å². The second-order valence-corrected chi connectivity index (χ2v) is 5.99. The number of aliphatic hydroxyl groups excluding tert-OH is 1. The van der Waals surface area contributed by atoms with Crippen LogP contribution in [-0.2, 0) is 0 Å². The Morgan fingerprint density at radius 3 is 2.76 bits per heavy atom. The Kier molecular flexibility index (Phi) is 5.05. The lowest BCUT2D eigenvalue weighted by atomic mass is 10.1. The molecule has 1 heterocycles. The monoisotopic (exact) mass is 296 g/mol. The molecule has 0 saturated heterocycles. The van der Waals surface area contributed by atoms with Crippen molar-refractivity contribution in [2.45, 2.75) is 18.6 Å². The third kappa shape index (κ3) is 4.57. The molecule has 0 aromatic heterocycles. The number of hydrogen-bond donors (Lipinski definition) is 3. The van der Waals surface area contributed by atoms with Crippen LogP contribution in [0.5, 0.6) is 11.5 Å². The summed E-state index contributed by atoms with van der Waals surface area (Å²) >= 11 is 0. The second-order valence-electron chi connectivity index (χ2n) is 5.99. The van der Waals surface area contributed by atoms with Crippen molar-refractivity contribution >= 4 is 0 Å². The van der Waals surface area contributed by atoms with Crippen molar-refractivity contribution in [3.8, 4) is 11.5 Å². The van der Waals surface area contributed by atoms with Gasteiger partial charge in [0.05, 0.1) is 11.7 Å². The molecule has 0 radical (unpaired) electrons. The number of likely N-dealkylation sites (N-methyl/N-ethyl adjacent to an activating group) is 1. The summed E-state index contributed by atoms with van der Waals surface area (Å²) in [5, 5.41) is 23.5. The maximum Gasteiger partial charge on any atom is 0.231 e. The molecule has 0 aliphatic carbocycles. The molecule has 118 valence electrons. The highest BCUT2D eigenvalue weighted by atomic mass is 16.7. The van der Waals surface area contributed by atoms with Gasteiger partial charge in [-0.25, -0.2) is 0 Å². The summed E-state index contributed by atoms with van der Waals surface area (Å²) in [5.41, 5.74) is -0.0722. The Morgan fingerprint density at radius 1 is 1.33 bits per heavy atom. The first kappa shape index (κ1) is 16.0. The maximum atomic E-state index is 10.2. The summed E-state index contributed by atoms with van der Waals surface area (Å²) in [6.07, 6.45) is -0.658. The fourth-order valence-electron chi connectivity index (χ4n) is 2.45. The molecule has 1 aromatic carbocycles. The zero-order chi connectivity index (χ0) is 15.5. The summed E-state index contributed by atoms with van der Waals surface area (Å²) in [5.74, 6) is 1.36. The highest BCUT2D eigenvalue weighted by molar-refractivity contribution is 5.45. The molecule has 0 spiro atoms. The Hall–Kier alpha value is -1.34. The first-order valence-corrected chi connectivity index (χ1v) is 7.03. The molecule has 21 heavy (non-hydrogen) atoms. The molecule has 1 aliphatic heterocycles. The van der Waals surface area contributed by atoms with Crippen LogP contribution in [0.25, 0.3) is 0 Å². The van der Waals surface area contributed by atoms with Crippen LogP contribution in [0.3, 0.4) is 0 Å². The van der Waals surface area contributed by atoms with Crippen LogP contribution >= 0.6 is 0 Å². The van der Waals surface area contributed by atoms with E-state index in [0.717, 1.165) is 5.56 Å². The summed E-state index contributed by atoms with van der Waals surface area (Å²) < 4.78 is 10.5. The van der Waals surface area contributed by atoms with Crippen LogP contribution in [0.15, 0.2) is 18.2 Å². The zero-order valence-corrected chi connectivity index (χ0v) is 12.8. The van der Waals surface area contributed by atoms with Crippen molar-refractivity contribution in [3.05, 3.63) is 23.8 Å². The quantitative estimate of drug-likeness (QED) is 0.674. The van der Waals surface area contributed by atoms with E-state index in [1.807, 2.05) is 25.1 Å². The van der Waals surface area contributed by atoms with Crippen LogP contribution in [-0.4, -0.2) is 61.2 Å². The number of benzene rings is 1. The van der Waals surface area contributed by atoms with E-state index in [0.29, 0.717) is 31.1 Å². The number of ether oxygens (including phenoxy) is 2. The number of hydrogen-bond acceptors (Lipinski definition) is 6. The molecule has 3 N–H and O–H groups in total. The summed E-state index contributed by atoms with van der Waals surface area (Å²) in [6.45, 7) is 3.32. The van der Waals surface area contributed by atoms with E-state index >= 15 is 0 Å². The van der Waals surface area contributed by atoms with Crippen LogP contribution in [0.2, 0.25) is 0 Å². The number of aliphatic hydroxyl groups is 2. The predicted octanol–water partition coefficient (Wildman–Crippen LogP) is 0.351. The van der Waals surface area contributed by atoms with E-state index in [1.165, 1.54) is 0 Å².